The van der Waals surface area contributed by atoms with E-state index < -0.39 is 18.1 Å². The Labute approximate surface area is 231 Å². The van der Waals surface area contributed by atoms with Gasteiger partial charge in [0.1, 0.15) is 17.2 Å². The molecule has 1 fully saturated rings. The van der Waals surface area contributed by atoms with E-state index in [1.165, 1.54) is 12.1 Å². The maximum Gasteiger partial charge on any atom is 0.573 e. The summed E-state index contributed by atoms with van der Waals surface area (Å²) >= 11 is 0. The van der Waals surface area contributed by atoms with Crippen LogP contribution >= 0.6 is 0 Å². The van der Waals surface area contributed by atoms with Gasteiger partial charge < -0.3 is 23.7 Å². The molecule has 0 N–H and O–H groups in total. The topological polar surface area (TPSA) is 63.2 Å². The van der Waals surface area contributed by atoms with Crippen molar-refractivity contribution in [3.05, 3.63) is 77.4 Å². The molecule has 1 heterocycles. The van der Waals surface area contributed by atoms with Gasteiger partial charge in [0.2, 0.25) is 0 Å². The third-order valence-electron chi connectivity index (χ3n) is 7.10. The molecule has 0 amide bonds. The standard InChI is InChI=1S/C31H31F3O6/c1-20-27-15-21(29(35)39-22-6-8-23(9-7-22)40-31(32,33)34)5-11-25(27)26-12-10-24(16-28(20)26)38-14-4-3-13-36-17-30(2)18-37-19-30/h5-12,15-16,20H,3-4,13-14,17-19H2,1-2H3. The molecule has 0 radical (unpaired) electrons. The second-order valence-corrected chi connectivity index (χ2v) is 10.6. The third-order valence-corrected chi connectivity index (χ3v) is 7.10. The molecule has 1 aliphatic heterocycles. The van der Waals surface area contributed by atoms with Gasteiger partial charge >= 0.3 is 12.3 Å². The Balaban J connectivity index is 1.14. The van der Waals surface area contributed by atoms with Gasteiger partial charge in [-0.25, -0.2) is 4.79 Å². The van der Waals surface area contributed by atoms with Crippen molar-refractivity contribution in [2.24, 2.45) is 5.41 Å². The number of alkyl halides is 3. The number of halogens is 3. The lowest BCUT2D eigenvalue weighted by molar-refractivity contribution is -0.274. The molecule has 3 aromatic rings. The first kappa shape index (κ1) is 28.0. The van der Waals surface area contributed by atoms with Crippen LogP contribution in [-0.4, -0.2) is 45.4 Å². The van der Waals surface area contributed by atoms with Gasteiger partial charge in [-0.2, -0.15) is 0 Å². The molecule has 212 valence electrons. The fourth-order valence-electron chi connectivity index (χ4n) is 4.92. The zero-order valence-corrected chi connectivity index (χ0v) is 22.4. The molecule has 0 aromatic heterocycles. The lowest BCUT2D eigenvalue weighted by Gasteiger charge is -2.37. The number of rotatable bonds is 11. The zero-order chi connectivity index (χ0) is 28.3. The minimum absolute atomic E-state index is 0.0466. The van der Waals surface area contributed by atoms with Crippen molar-refractivity contribution >= 4 is 5.97 Å². The first-order valence-corrected chi connectivity index (χ1v) is 13.2. The lowest BCUT2D eigenvalue weighted by Crippen LogP contribution is -2.43. The summed E-state index contributed by atoms with van der Waals surface area (Å²) in [4.78, 5) is 12.8. The quantitative estimate of drug-likeness (QED) is 0.142. The van der Waals surface area contributed by atoms with E-state index in [0.717, 1.165) is 72.8 Å². The molecular weight excluding hydrogens is 525 g/mol. The molecule has 2 aliphatic rings. The summed E-state index contributed by atoms with van der Waals surface area (Å²) in [5, 5.41) is 0. The first-order chi connectivity index (χ1) is 19.1. The van der Waals surface area contributed by atoms with Gasteiger partial charge in [-0.05, 0) is 83.6 Å². The van der Waals surface area contributed by atoms with Crippen LogP contribution in [0.3, 0.4) is 0 Å². The van der Waals surface area contributed by atoms with E-state index in [9.17, 15) is 18.0 Å². The normalized spacial score (nSPS) is 17.0. The Morgan fingerprint density at radius 1 is 0.900 bits per heavy atom. The molecule has 3 aromatic carbocycles. The summed E-state index contributed by atoms with van der Waals surface area (Å²) < 4.78 is 63.3. The Hall–Kier alpha value is -3.56. The van der Waals surface area contributed by atoms with Crippen LogP contribution in [0.25, 0.3) is 11.1 Å². The van der Waals surface area contributed by atoms with E-state index in [2.05, 4.69) is 24.7 Å². The van der Waals surface area contributed by atoms with Crippen LogP contribution in [0.15, 0.2) is 60.7 Å². The fraction of sp³-hybridized carbons (Fsp3) is 0.387. The van der Waals surface area contributed by atoms with Crippen LogP contribution in [0.1, 0.15) is 54.1 Å². The van der Waals surface area contributed by atoms with E-state index in [1.807, 2.05) is 18.2 Å². The molecule has 0 saturated carbocycles. The molecule has 0 bridgehead atoms. The van der Waals surface area contributed by atoms with Crippen LogP contribution in [0.2, 0.25) is 0 Å². The zero-order valence-electron chi connectivity index (χ0n) is 22.4. The highest BCUT2D eigenvalue weighted by Gasteiger charge is 2.33. The second-order valence-electron chi connectivity index (χ2n) is 10.6. The minimum Gasteiger partial charge on any atom is -0.494 e. The average Bonchev–Trinajstić information content (AvgIpc) is 3.18. The molecule has 1 unspecified atom stereocenters. The number of hydrogen-bond donors (Lipinski definition) is 0. The maximum absolute atomic E-state index is 12.8. The maximum atomic E-state index is 12.8. The van der Waals surface area contributed by atoms with Crippen LogP contribution < -0.4 is 14.2 Å². The van der Waals surface area contributed by atoms with Gasteiger partial charge in [0.25, 0.3) is 0 Å². The molecule has 0 spiro atoms. The Kier molecular flexibility index (Phi) is 8.05. The first-order valence-electron chi connectivity index (χ1n) is 13.2. The highest BCUT2D eigenvalue weighted by atomic mass is 19.4. The van der Waals surface area contributed by atoms with Crippen molar-refractivity contribution in [2.45, 2.75) is 39.0 Å². The number of fused-ring (bicyclic) bond motifs is 3. The van der Waals surface area contributed by atoms with Crippen LogP contribution in [0.4, 0.5) is 13.2 Å². The number of carbonyl (C=O) groups is 1. The molecule has 1 aliphatic carbocycles. The molecule has 1 atom stereocenters. The van der Waals surface area contributed by atoms with Gasteiger partial charge in [0.05, 0.1) is 32.0 Å². The number of esters is 1. The van der Waals surface area contributed by atoms with E-state index in [1.54, 1.807) is 12.1 Å². The van der Waals surface area contributed by atoms with Crippen LogP contribution in [0, 0.1) is 5.41 Å². The molecule has 6 nitrogen and oxygen atoms in total. The largest absolute Gasteiger partial charge is 0.573 e. The SMILES string of the molecule is CC1c2cc(OCCCCOCC3(C)COC3)ccc2-c2ccc(C(=O)Oc3ccc(OC(F)(F)F)cc3)cc21. The summed E-state index contributed by atoms with van der Waals surface area (Å²) in [6.45, 7) is 7.81. The lowest BCUT2D eigenvalue weighted by atomic mass is 9.90. The van der Waals surface area contributed by atoms with Gasteiger partial charge in [-0.15, -0.1) is 13.2 Å². The number of ether oxygens (including phenoxy) is 5. The predicted molar refractivity (Wildman–Crippen MR) is 142 cm³/mol. The molecular formula is C31H31F3O6. The monoisotopic (exact) mass is 556 g/mol. The molecule has 9 heteroatoms. The van der Waals surface area contributed by atoms with Crippen molar-refractivity contribution in [3.8, 4) is 28.4 Å². The smallest absolute Gasteiger partial charge is 0.494 e. The highest BCUT2D eigenvalue weighted by molar-refractivity contribution is 5.93. The Morgan fingerprint density at radius 3 is 2.20 bits per heavy atom. The summed E-state index contributed by atoms with van der Waals surface area (Å²) in [5.74, 6) is -0.0229. The van der Waals surface area contributed by atoms with Crippen molar-refractivity contribution in [1.82, 2.24) is 0 Å². The number of unbranched alkanes of at least 4 members (excludes halogenated alkanes) is 1. The number of hydrogen-bond acceptors (Lipinski definition) is 6. The van der Waals surface area contributed by atoms with Crippen molar-refractivity contribution < 1.29 is 41.7 Å². The molecule has 5 rings (SSSR count). The average molecular weight is 557 g/mol. The van der Waals surface area contributed by atoms with Gasteiger partial charge in [0, 0.05) is 17.9 Å². The third kappa shape index (κ3) is 6.59. The highest BCUT2D eigenvalue weighted by Crippen LogP contribution is 2.46. The summed E-state index contributed by atoms with van der Waals surface area (Å²) in [5.41, 5.74) is 4.78. The Morgan fingerprint density at radius 2 is 1.52 bits per heavy atom. The van der Waals surface area contributed by atoms with E-state index in [0.29, 0.717) is 18.8 Å². The van der Waals surface area contributed by atoms with Crippen molar-refractivity contribution in [2.75, 3.05) is 33.0 Å². The fourth-order valence-corrected chi connectivity index (χ4v) is 4.92. The van der Waals surface area contributed by atoms with Gasteiger partial charge in [-0.1, -0.05) is 26.0 Å². The van der Waals surface area contributed by atoms with Gasteiger partial charge in [0.15, 0.2) is 0 Å². The van der Waals surface area contributed by atoms with Crippen LogP contribution in [-0.2, 0) is 9.47 Å². The molecule has 1 saturated heterocycles. The van der Waals surface area contributed by atoms with E-state index in [4.69, 9.17) is 18.9 Å². The Bertz CT molecular complexity index is 1350. The number of carbonyl (C=O) groups excluding carboxylic acids is 1. The van der Waals surface area contributed by atoms with Crippen LogP contribution in [0.5, 0.6) is 17.2 Å². The minimum atomic E-state index is -4.79. The summed E-state index contributed by atoms with van der Waals surface area (Å²) in [6.07, 6.45) is -2.97. The van der Waals surface area contributed by atoms with Crippen molar-refractivity contribution in [1.29, 1.82) is 0 Å². The number of benzene rings is 3. The second kappa shape index (κ2) is 11.5. The summed E-state index contributed by atoms with van der Waals surface area (Å²) in [7, 11) is 0. The summed E-state index contributed by atoms with van der Waals surface area (Å²) in [6, 6.07) is 16.1. The van der Waals surface area contributed by atoms with E-state index >= 15 is 0 Å². The van der Waals surface area contributed by atoms with Crippen molar-refractivity contribution in [3.63, 3.8) is 0 Å². The van der Waals surface area contributed by atoms with Gasteiger partial charge in [-0.3, -0.25) is 0 Å². The predicted octanol–water partition coefficient (Wildman–Crippen LogP) is 7.15. The van der Waals surface area contributed by atoms with E-state index in [-0.39, 0.29) is 17.1 Å². The molecule has 40 heavy (non-hydrogen) atoms.